The smallest absolute Gasteiger partial charge is 0.191 e. The quantitative estimate of drug-likeness (QED) is 0.405. The molecule has 0 amide bonds. The first-order valence-electron chi connectivity index (χ1n) is 8.18. The van der Waals surface area contributed by atoms with Crippen molar-refractivity contribution in [3.8, 4) is 10.6 Å². The second-order valence-corrected chi connectivity index (χ2v) is 8.41. The molecule has 1 fully saturated rings. The van der Waals surface area contributed by atoms with E-state index in [1.54, 1.807) is 11.3 Å². The fourth-order valence-electron chi connectivity index (χ4n) is 2.74. The van der Waals surface area contributed by atoms with Gasteiger partial charge in [0.25, 0.3) is 0 Å². The van der Waals surface area contributed by atoms with Gasteiger partial charge in [0.2, 0.25) is 0 Å². The summed E-state index contributed by atoms with van der Waals surface area (Å²) in [5, 5.41) is 3.24. The molecule has 2 aromatic rings. The second kappa shape index (κ2) is 9.15. The first kappa shape index (κ1) is 19.7. The Morgan fingerprint density at radius 1 is 1.38 bits per heavy atom. The van der Waals surface area contributed by atoms with Gasteiger partial charge in [-0.15, -0.1) is 46.7 Å². The highest BCUT2D eigenvalue weighted by Gasteiger charge is 2.16. The molecule has 0 unspecified atom stereocenters. The molecule has 0 aliphatic carbocycles. The van der Waals surface area contributed by atoms with Crippen molar-refractivity contribution in [2.45, 2.75) is 33.1 Å². The van der Waals surface area contributed by atoms with E-state index in [0.29, 0.717) is 5.96 Å². The number of halogens is 1. The molecule has 2 aromatic heterocycles. The monoisotopic (exact) mass is 476 g/mol. The number of rotatable bonds is 4. The summed E-state index contributed by atoms with van der Waals surface area (Å²) >= 11 is 3.51. The van der Waals surface area contributed by atoms with Gasteiger partial charge in [-0.3, -0.25) is 4.99 Å². The first-order valence-corrected chi connectivity index (χ1v) is 9.87. The van der Waals surface area contributed by atoms with Crippen molar-refractivity contribution in [2.75, 3.05) is 19.6 Å². The third-order valence-corrected chi connectivity index (χ3v) is 6.21. The lowest BCUT2D eigenvalue weighted by Crippen LogP contribution is -2.42. The van der Waals surface area contributed by atoms with Crippen molar-refractivity contribution in [1.82, 2.24) is 9.88 Å². The molecule has 1 saturated heterocycles. The van der Waals surface area contributed by atoms with E-state index in [1.807, 2.05) is 18.3 Å². The van der Waals surface area contributed by atoms with E-state index in [0.717, 1.165) is 42.7 Å². The first-order chi connectivity index (χ1) is 11.1. The van der Waals surface area contributed by atoms with Crippen LogP contribution >= 0.6 is 46.7 Å². The molecule has 132 valence electrons. The third-order valence-electron chi connectivity index (χ3n) is 4.27. The van der Waals surface area contributed by atoms with Crippen LogP contribution in [0.4, 0.5) is 0 Å². The summed E-state index contributed by atoms with van der Waals surface area (Å²) < 4.78 is 0. The van der Waals surface area contributed by atoms with Crippen molar-refractivity contribution in [1.29, 1.82) is 0 Å². The van der Waals surface area contributed by atoms with Crippen LogP contribution in [0.3, 0.4) is 0 Å². The number of thiazole rings is 1. The number of nitrogens with zero attached hydrogens (tertiary/aromatic N) is 3. The molecule has 3 rings (SSSR count). The lowest BCUT2D eigenvalue weighted by Gasteiger charge is -2.31. The van der Waals surface area contributed by atoms with E-state index < -0.39 is 0 Å². The Bertz CT molecular complexity index is 672. The molecule has 0 aromatic carbocycles. The summed E-state index contributed by atoms with van der Waals surface area (Å²) in [5.41, 5.74) is 7.22. The number of piperidine rings is 1. The molecular formula is C17H25IN4S2. The standard InChI is InChI=1S/C17H24N4S2.HI/c1-12-6-9-21(10-7-12)17(18)19-8-5-14-3-4-16(23-14)15-11-22-13(2)20-15;/h3-4,11-12H,5-10H2,1-2H3,(H2,18,19);1H. The average Bonchev–Trinajstić information content (AvgIpc) is 3.17. The number of aliphatic imine (C=N–C) groups is 1. The van der Waals surface area contributed by atoms with Crippen LogP contribution in [0.15, 0.2) is 22.5 Å². The number of hydrogen-bond acceptors (Lipinski definition) is 4. The number of nitrogens with two attached hydrogens (primary N) is 1. The zero-order valence-corrected chi connectivity index (χ0v) is 18.2. The van der Waals surface area contributed by atoms with Crippen LogP contribution in [0.5, 0.6) is 0 Å². The van der Waals surface area contributed by atoms with Gasteiger partial charge in [-0.25, -0.2) is 4.98 Å². The van der Waals surface area contributed by atoms with Gasteiger partial charge in [0.15, 0.2) is 5.96 Å². The molecule has 1 aliphatic heterocycles. The molecule has 7 heteroatoms. The van der Waals surface area contributed by atoms with Gasteiger partial charge in [0.05, 0.1) is 15.6 Å². The van der Waals surface area contributed by atoms with E-state index >= 15 is 0 Å². The lowest BCUT2D eigenvalue weighted by molar-refractivity contribution is 0.277. The van der Waals surface area contributed by atoms with Gasteiger partial charge in [-0.05, 0) is 37.8 Å². The highest BCUT2D eigenvalue weighted by atomic mass is 127. The number of hydrogen-bond donors (Lipinski definition) is 1. The van der Waals surface area contributed by atoms with Crippen LogP contribution < -0.4 is 5.73 Å². The third kappa shape index (κ3) is 5.16. The molecule has 3 heterocycles. The van der Waals surface area contributed by atoms with Crippen molar-refractivity contribution < 1.29 is 0 Å². The second-order valence-electron chi connectivity index (χ2n) is 6.18. The minimum atomic E-state index is 0. The lowest BCUT2D eigenvalue weighted by atomic mass is 10.00. The van der Waals surface area contributed by atoms with Gasteiger partial charge in [-0.2, -0.15) is 0 Å². The maximum atomic E-state index is 6.13. The fourth-order valence-corrected chi connectivity index (χ4v) is 4.39. The van der Waals surface area contributed by atoms with Gasteiger partial charge in [0.1, 0.15) is 0 Å². The molecule has 1 aliphatic rings. The molecule has 24 heavy (non-hydrogen) atoms. The molecule has 0 saturated carbocycles. The van der Waals surface area contributed by atoms with Crippen LogP contribution in [0.1, 0.15) is 29.7 Å². The molecule has 0 radical (unpaired) electrons. The summed E-state index contributed by atoms with van der Waals surface area (Å²) in [7, 11) is 0. The predicted octanol–water partition coefficient (Wildman–Crippen LogP) is 4.39. The maximum absolute atomic E-state index is 6.13. The molecule has 2 N–H and O–H groups in total. The molecule has 0 bridgehead atoms. The average molecular weight is 476 g/mol. The Balaban J connectivity index is 0.00000208. The van der Waals surface area contributed by atoms with Gasteiger partial charge >= 0.3 is 0 Å². The normalized spacial score (nSPS) is 16.2. The van der Waals surface area contributed by atoms with Crippen LogP contribution in [-0.2, 0) is 6.42 Å². The van der Waals surface area contributed by atoms with E-state index in [1.165, 1.54) is 22.6 Å². The Morgan fingerprint density at radius 2 is 2.12 bits per heavy atom. The van der Waals surface area contributed by atoms with Crippen molar-refractivity contribution in [3.63, 3.8) is 0 Å². The predicted molar refractivity (Wildman–Crippen MR) is 116 cm³/mol. The maximum Gasteiger partial charge on any atom is 0.191 e. The minimum absolute atomic E-state index is 0. The summed E-state index contributed by atoms with van der Waals surface area (Å²) in [6.45, 7) is 7.20. The zero-order chi connectivity index (χ0) is 16.2. The van der Waals surface area contributed by atoms with Crippen LogP contribution in [-0.4, -0.2) is 35.5 Å². The highest BCUT2D eigenvalue weighted by molar-refractivity contribution is 14.0. The largest absolute Gasteiger partial charge is 0.370 e. The molecular weight excluding hydrogens is 451 g/mol. The topological polar surface area (TPSA) is 54.5 Å². The van der Waals surface area contributed by atoms with Crippen LogP contribution in [0, 0.1) is 12.8 Å². The summed E-state index contributed by atoms with van der Waals surface area (Å²) in [6.07, 6.45) is 3.38. The van der Waals surface area contributed by atoms with Crippen LogP contribution in [0.2, 0.25) is 0 Å². The number of likely N-dealkylation sites (tertiary alicyclic amines) is 1. The summed E-state index contributed by atoms with van der Waals surface area (Å²) in [5.74, 6) is 1.53. The van der Waals surface area contributed by atoms with Crippen molar-refractivity contribution in [3.05, 3.63) is 27.4 Å². The number of aryl methyl sites for hydroxylation is 1. The molecule has 0 spiro atoms. The highest BCUT2D eigenvalue weighted by Crippen LogP contribution is 2.29. The zero-order valence-electron chi connectivity index (χ0n) is 14.2. The Morgan fingerprint density at radius 3 is 2.79 bits per heavy atom. The molecule has 0 atom stereocenters. The molecule has 4 nitrogen and oxygen atoms in total. The SMILES string of the molecule is Cc1nc(-c2ccc(CCN=C(N)N3CCC(C)CC3)s2)cs1.I. The Labute approximate surface area is 169 Å². The van der Waals surface area contributed by atoms with E-state index in [4.69, 9.17) is 5.73 Å². The Kier molecular flexibility index (Phi) is 7.49. The van der Waals surface area contributed by atoms with Crippen molar-refractivity contribution in [2.24, 2.45) is 16.6 Å². The van der Waals surface area contributed by atoms with E-state index in [9.17, 15) is 0 Å². The Hall–Kier alpha value is -0.670. The van der Waals surface area contributed by atoms with Crippen LogP contribution in [0.25, 0.3) is 10.6 Å². The van der Waals surface area contributed by atoms with E-state index in [2.05, 4.69) is 39.3 Å². The van der Waals surface area contributed by atoms with Gasteiger partial charge < -0.3 is 10.6 Å². The van der Waals surface area contributed by atoms with Gasteiger partial charge in [-0.1, -0.05) is 6.92 Å². The summed E-state index contributed by atoms with van der Waals surface area (Å²) in [4.78, 5) is 13.9. The number of guanidine groups is 1. The van der Waals surface area contributed by atoms with Gasteiger partial charge in [0, 0.05) is 36.3 Å². The van der Waals surface area contributed by atoms with Crippen molar-refractivity contribution >= 4 is 52.6 Å². The minimum Gasteiger partial charge on any atom is -0.370 e. The fraction of sp³-hybridized carbons (Fsp3) is 0.529. The number of aromatic nitrogens is 1. The summed E-state index contributed by atoms with van der Waals surface area (Å²) in [6, 6.07) is 4.34. The van der Waals surface area contributed by atoms with E-state index in [-0.39, 0.29) is 24.0 Å². The number of thiophene rings is 1.